The molecule has 5 heteroatoms. The summed E-state index contributed by atoms with van der Waals surface area (Å²) in [5.41, 5.74) is 0.599. The van der Waals surface area contributed by atoms with Crippen LogP contribution in [-0.4, -0.2) is 30.6 Å². The van der Waals surface area contributed by atoms with Gasteiger partial charge in [-0.25, -0.2) is 4.79 Å². The smallest absolute Gasteiger partial charge is 0.331 e. The van der Waals surface area contributed by atoms with Crippen LogP contribution in [0.2, 0.25) is 0 Å². The van der Waals surface area contributed by atoms with Crippen LogP contribution < -0.4 is 10.1 Å². The Bertz CT molecular complexity index is 791. The van der Waals surface area contributed by atoms with E-state index < -0.39 is 0 Å². The molecule has 5 nitrogen and oxygen atoms in total. The summed E-state index contributed by atoms with van der Waals surface area (Å²) >= 11 is 0. The van der Waals surface area contributed by atoms with Crippen molar-refractivity contribution in [2.75, 3.05) is 6.61 Å². The van der Waals surface area contributed by atoms with Crippen LogP contribution in [0.5, 0.6) is 5.75 Å². The highest BCUT2D eigenvalue weighted by atomic mass is 16.5. The molecule has 1 aliphatic rings. The molecule has 0 bridgehead atoms. The van der Waals surface area contributed by atoms with Crippen molar-refractivity contribution in [1.29, 1.82) is 0 Å². The van der Waals surface area contributed by atoms with Gasteiger partial charge in [0.15, 0.2) is 0 Å². The molecule has 0 aliphatic heterocycles. The molecule has 0 spiro atoms. The van der Waals surface area contributed by atoms with Crippen molar-refractivity contribution in [3.63, 3.8) is 0 Å². The first-order valence-electron chi connectivity index (χ1n) is 14.3. The topological polar surface area (TPSA) is 64.6 Å². The highest BCUT2D eigenvalue weighted by Crippen LogP contribution is 2.25. The zero-order valence-electron chi connectivity index (χ0n) is 23.2. The van der Waals surface area contributed by atoms with Crippen LogP contribution in [0.25, 0.3) is 6.08 Å². The van der Waals surface area contributed by atoms with E-state index in [9.17, 15) is 9.59 Å². The number of benzene rings is 1. The van der Waals surface area contributed by atoms with Crippen molar-refractivity contribution in [3.8, 4) is 5.75 Å². The molecule has 0 aromatic heterocycles. The van der Waals surface area contributed by atoms with Crippen LogP contribution in [0.1, 0.15) is 117 Å². The molecule has 0 unspecified atom stereocenters. The minimum Gasteiger partial charge on any atom is -0.494 e. The number of hydrogen-bond acceptors (Lipinski definition) is 4. The number of carbonyl (C=O) groups excluding carboxylic acids is 2. The van der Waals surface area contributed by atoms with E-state index in [0.29, 0.717) is 0 Å². The number of hydrogen-bond donors (Lipinski definition) is 1. The summed E-state index contributed by atoms with van der Waals surface area (Å²) in [6.07, 6.45) is 17.6. The Labute approximate surface area is 219 Å². The van der Waals surface area contributed by atoms with Gasteiger partial charge < -0.3 is 14.8 Å². The summed E-state index contributed by atoms with van der Waals surface area (Å²) in [6, 6.07) is 7.98. The lowest BCUT2D eigenvalue weighted by Gasteiger charge is -2.31. The molecular weight excluding hydrogens is 450 g/mol. The number of carbonyl (C=O) groups is 2. The van der Waals surface area contributed by atoms with Gasteiger partial charge in [-0.05, 0) is 62.3 Å². The van der Waals surface area contributed by atoms with E-state index in [1.165, 1.54) is 51.0 Å². The van der Waals surface area contributed by atoms with Crippen molar-refractivity contribution < 1.29 is 19.1 Å². The third kappa shape index (κ3) is 11.6. The normalized spacial score (nSPS) is 18.2. The fraction of sp³-hybridized carbons (Fsp3) is 0.677. The van der Waals surface area contributed by atoms with E-state index in [2.05, 4.69) is 12.2 Å². The average Bonchev–Trinajstić information content (AvgIpc) is 2.88. The lowest BCUT2D eigenvalue weighted by Crippen LogP contribution is -2.45. The first-order valence-corrected chi connectivity index (χ1v) is 14.3. The van der Waals surface area contributed by atoms with E-state index in [1.807, 2.05) is 45.0 Å². The molecule has 0 atom stereocenters. The van der Waals surface area contributed by atoms with E-state index in [-0.39, 0.29) is 29.4 Å². The van der Waals surface area contributed by atoms with Crippen LogP contribution in [0.15, 0.2) is 30.3 Å². The molecular formula is C31H49NO4. The monoisotopic (exact) mass is 499 g/mol. The largest absolute Gasteiger partial charge is 0.494 e. The molecule has 1 N–H and O–H groups in total. The summed E-state index contributed by atoms with van der Waals surface area (Å²) < 4.78 is 11.5. The van der Waals surface area contributed by atoms with Crippen LogP contribution in [0.3, 0.4) is 0 Å². The second-order valence-corrected chi connectivity index (χ2v) is 10.8. The Hall–Kier alpha value is -2.30. The third-order valence-corrected chi connectivity index (χ3v) is 7.35. The SMILES string of the molecule is CCCCCCCCCCOc1ccc(/C=C/C(=O)OC2CCC(NC(=O)C(C)(C)CC)CC2)cc1. The number of nitrogens with one attached hydrogen (secondary N) is 1. The quantitative estimate of drug-likeness (QED) is 0.144. The summed E-state index contributed by atoms with van der Waals surface area (Å²) in [5, 5.41) is 3.16. The Morgan fingerprint density at radius 2 is 1.53 bits per heavy atom. The lowest BCUT2D eigenvalue weighted by atomic mass is 9.87. The molecule has 0 saturated heterocycles. The predicted molar refractivity (Wildman–Crippen MR) is 148 cm³/mol. The number of ether oxygens (including phenoxy) is 2. The second-order valence-electron chi connectivity index (χ2n) is 10.8. The molecule has 1 amide bonds. The van der Waals surface area contributed by atoms with Crippen molar-refractivity contribution in [3.05, 3.63) is 35.9 Å². The van der Waals surface area contributed by atoms with Gasteiger partial charge in [-0.15, -0.1) is 0 Å². The summed E-state index contributed by atoms with van der Waals surface area (Å²) in [5.74, 6) is 0.659. The maximum Gasteiger partial charge on any atom is 0.331 e. The first-order chi connectivity index (χ1) is 17.3. The van der Waals surface area contributed by atoms with Crippen LogP contribution in [-0.2, 0) is 14.3 Å². The lowest BCUT2D eigenvalue weighted by molar-refractivity contribution is -0.145. The van der Waals surface area contributed by atoms with E-state index in [1.54, 1.807) is 6.08 Å². The Morgan fingerprint density at radius 1 is 0.917 bits per heavy atom. The second kappa shape index (κ2) is 16.4. The van der Waals surface area contributed by atoms with E-state index in [0.717, 1.165) is 56.4 Å². The predicted octanol–water partition coefficient (Wildman–Crippen LogP) is 7.63. The van der Waals surface area contributed by atoms with Crippen LogP contribution >= 0.6 is 0 Å². The van der Waals surface area contributed by atoms with Crippen molar-refractivity contribution in [2.45, 2.75) is 123 Å². The third-order valence-electron chi connectivity index (χ3n) is 7.35. The van der Waals surface area contributed by atoms with Crippen molar-refractivity contribution in [1.82, 2.24) is 5.32 Å². The van der Waals surface area contributed by atoms with Gasteiger partial charge >= 0.3 is 5.97 Å². The maximum absolute atomic E-state index is 12.4. The minimum absolute atomic E-state index is 0.0818. The van der Waals surface area contributed by atoms with Crippen LogP contribution in [0, 0.1) is 5.41 Å². The molecule has 2 rings (SSSR count). The van der Waals surface area contributed by atoms with Gasteiger partial charge in [-0.3, -0.25) is 4.79 Å². The van der Waals surface area contributed by atoms with Gasteiger partial charge in [0.2, 0.25) is 5.91 Å². The molecule has 1 aromatic carbocycles. The fourth-order valence-corrected chi connectivity index (χ4v) is 4.34. The van der Waals surface area contributed by atoms with Crippen molar-refractivity contribution in [2.24, 2.45) is 5.41 Å². The highest BCUT2D eigenvalue weighted by Gasteiger charge is 2.30. The number of esters is 1. The standard InChI is InChI=1S/C31H49NO4/c1-5-7-8-9-10-11-12-13-24-35-27-19-14-25(15-20-27)16-23-29(33)36-28-21-17-26(18-22-28)32-30(34)31(3,4)6-2/h14-16,19-20,23,26,28H,5-13,17-18,21-22,24H2,1-4H3,(H,32,34)/b23-16+. The molecule has 0 radical (unpaired) electrons. The summed E-state index contributed by atoms with van der Waals surface area (Å²) in [7, 11) is 0. The van der Waals surface area contributed by atoms with Gasteiger partial charge in [0.25, 0.3) is 0 Å². The van der Waals surface area contributed by atoms with Crippen molar-refractivity contribution >= 4 is 18.0 Å². The van der Waals surface area contributed by atoms with Gasteiger partial charge in [-0.2, -0.15) is 0 Å². The number of unbranched alkanes of at least 4 members (excludes halogenated alkanes) is 7. The van der Waals surface area contributed by atoms with E-state index in [4.69, 9.17) is 9.47 Å². The Morgan fingerprint density at radius 3 is 2.14 bits per heavy atom. The number of amides is 1. The molecule has 1 saturated carbocycles. The van der Waals surface area contributed by atoms with Gasteiger partial charge in [0, 0.05) is 17.5 Å². The average molecular weight is 500 g/mol. The zero-order valence-corrected chi connectivity index (χ0v) is 23.2. The van der Waals surface area contributed by atoms with Gasteiger partial charge in [0.05, 0.1) is 6.61 Å². The summed E-state index contributed by atoms with van der Waals surface area (Å²) in [6.45, 7) is 8.98. The molecule has 1 aliphatic carbocycles. The molecule has 36 heavy (non-hydrogen) atoms. The molecule has 0 heterocycles. The highest BCUT2D eigenvalue weighted by molar-refractivity contribution is 5.87. The van der Waals surface area contributed by atoms with Gasteiger partial charge in [-0.1, -0.05) is 84.8 Å². The van der Waals surface area contributed by atoms with Crippen LogP contribution in [0.4, 0.5) is 0 Å². The minimum atomic E-state index is -0.342. The Balaban J connectivity index is 1.61. The zero-order chi connectivity index (χ0) is 26.2. The summed E-state index contributed by atoms with van der Waals surface area (Å²) in [4.78, 5) is 24.7. The fourth-order valence-electron chi connectivity index (χ4n) is 4.34. The molecule has 1 aromatic rings. The van der Waals surface area contributed by atoms with Gasteiger partial charge in [0.1, 0.15) is 11.9 Å². The first kappa shape index (κ1) is 29.9. The number of rotatable bonds is 16. The Kier molecular flexibility index (Phi) is 13.7. The maximum atomic E-state index is 12.4. The van der Waals surface area contributed by atoms with E-state index >= 15 is 0 Å². The molecule has 1 fully saturated rings. The molecule has 202 valence electrons.